The second kappa shape index (κ2) is 8.25. The molecule has 1 fully saturated rings. The molecule has 0 bridgehead atoms. The Balaban J connectivity index is 1.42. The van der Waals surface area contributed by atoms with Crippen molar-refractivity contribution in [3.05, 3.63) is 84.6 Å². The molecule has 2 heterocycles. The van der Waals surface area contributed by atoms with Gasteiger partial charge in [-0.25, -0.2) is 0 Å². The van der Waals surface area contributed by atoms with Gasteiger partial charge >= 0.3 is 0 Å². The van der Waals surface area contributed by atoms with Gasteiger partial charge in [-0.05, 0) is 35.9 Å². The van der Waals surface area contributed by atoms with Crippen LogP contribution in [0.15, 0.2) is 83.3 Å². The lowest BCUT2D eigenvalue weighted by Crippen LogP contribution is -2.45. The molecule has 0 N–H and O–H groups in total. The number of hydrogen-bond acceptors (Lipinski definition) is 4. The molecule has 4 aromatic rings. The van der Waals surface area contributed by atoms with Gasteiger partial charge in [0.05, 0.1) is 13.7 Å². The molecule has 1 aliphatic rings. The van der Waals surface area contributed by atoms with Gasteiger partial charge in [0.15, 0.2) is 0 Å². The fraction of sp³-hybridized carbons (Fsp3) is 0.231. The molecule has 0 aliphatic carbocycles. The van der Waals surface area contributed by atoms with Crippen molar-refractivity contribution in [3.63, 3.8) is 0 Å². The van der Waals surface area contributed by atoms with Crippen molar-refractivity contribution in [1.82, 2.24) is 4.90 Å². The number of piperazine rings is 1. The highest BCUT2D eigenvalue weighted by molar-refractivity contribution is 5.96. The van der Waals surface area contributed by atoms with Gasteiger partial charge in [-0.1, -0.05) is 48.5 Å². The van der Waals surface area contributed by atoms with Gasteiger partial charge in [-0.15, -0.1) is 0 Å². The molecule has 1 saturated heterocycles. The molecule has 30 heavy (non-hydrogen) atoms. The smallest absolute Gasteiger partial charge is 0.135 e. The largest absolute Gasteiger partial charge is 0.497 e. The molecule has 1 aromatic heterocycles. The number of methoxy groups -OCH3 is 1. The topological polar surface area (TPSA) is 28.9 Å². The van der Waals surface area contributed by atoms with Crippen LogP contribution in [0.2, 0.25) is 0 Å². The van der Waals surface area contributed by atoms with E-state index < -0.39 is 0 Å². The summed E-state index contributed by atoms with van der Waals surface area (Å²) in [5, 5.41) is 1.11. The summed E-state index contributed by atoms with van der Waals surface area (Å²) in [5.74, 6) is 1.88. The Morgan fingerprint density at radius 3 is 2.23 bits per heavy atom. The molecule has 1 aliphatic heterocycles. The van der Waals surface area contributed by atoms with E-state index in [9.17, 15) is 0 Å². The van der Waals surface area contributed by atoms with Crippen LogP contribution in [0.1, 0.15) is 5.76 Å². The van der Waals surface area contributed by atoms with Crippen molar-refractivity contribution in [2.75, 3.05) is 38.2 Å². The van der Waals surface area contributed by atoms with Crippen LogP contribution in [0, 0.1) is 0 Å². The number of para-hydroxylation sites is 1. The summed E-state index contributed by atoms with van der Waals surface area (Å²) in [6.45, 7) is 4.90. The Morgan fingerprint density at radius 2 is 1.53 bits per heavy atom. The quantitative estimate of drug-likeness (QED) is 0.448. The van der Waals surface area contributed by atoms with E-state index in [1.165, 1.54) is 16.8 Å². The first-order valence-electron chi connectivity index (χ1n) is 10.5. The molecule has 0 atom stereocenters. The summed E-state index contributed by atoms with van der Waals surface area (Å²) < 4.78 is 11.8. The van der Waals surface area contributed by atoms with Crippen LogP contribution < -0.4 is 9.64 Å². The van der Waals surface area contributed by atoms with Gasteiger partial charge < -0.3 is 14.1 Å². The van der Waals surface area contributed by atoms with Gasteiger partial charge in [0.1, 0.15) is 17.1 Å². The predicted octanol–water partition coefficient (Wildman–Crippen LogP) is 5.43. The molecule has 152 valence electrons. The van der Waals surface area contributed by atoms with Gasteiger partial charge in [0, 0.05) is 42.8 Å². The summed E-state index contributed by atoms with van der Waals surface area (Å²) in [6.07, 6.45) is 0. The highest BCUT2D eigenvalue weighted by Gasteiger charge is 2.22. The van der Waals surface area contributed by atoms with E-state index in [0.717, 1.165) is 55.2 Å². The van der Waals surface area contributed by atoms with Gasteiger partial charge in [-0.2, -0.15) is 0 Å². The van der Waals surface area contributed by atoms with E-state index in [2.05, 4.69) is 76.5 Å². The molecule has 0 radical (unpaired) electrons. The summed E-state index contributed by atoms with van der Waals surface area (Å²) in [5.41, 5.74) is 4.57. The first-order chi connectivity index (χ1) is 14.8. The molecule has 4 nitrogen and oxygen atoms in total. The molecule has 4 heteroatoms. The Hall–Kier alpha value is -3.24. The zero-order valence-electron chi connectivity index (χ0n) is 17.3. The molecule has 0 unspecified atom stereocenters. The monoisotopic (exact) mass is 398 g/mol. The standard InChI is InChI=1S/C26H26N2O2/c1-29-22-12-13-24-23(18-22)26(20-8-4-2-5-9-20)25(30-24)19-27-14-16-28(17-15-27)21-10-6-3-7-11-21/h2-13,18H,14-17,19H2,1H3. The predicted molar refractivity (Wildman–Crippen MR) is 122 cm³/mol. The molecular weight excluding hydrogens is 372 g/mol. The van der Waals surface area contributed by atoms with Gasteiger partial charge in [0.25, 0.3) is 0 Å². The summed E-state index contributed by atoms with van der Waals surface area (Å²) in [7, 11) is 1.70. The number of anilines is 1. The Kier molecular flexibility index (Phi) is 5.16. The van der Waals surface area contributed by atoms with Crippen LogP contribution in [-0.2, 0) is 6.54 Å². The number of furan rings is 1. The minimum absolute atomic E-state index is 0.809. The Bertz CT molecular complexity index is 1110. The average Bonchev–Trinajstić information content (AvgIpc) is 3.17. The van der Waals surface area contributed by atoms with E-state index >= 15 is 0 Å². The fourth-order valence-corrected chi connectivity index (χ4v) is 4.29. The van der Waals surface area contributed by atoms with Crippen molar-refractivity contribution >= 4 is 16.7 Å². The van der Waals surface area contributed by atoms with Crippen LogP contribution in [0.4, 0.5) is 5.69 Å². The average molecular weight is 399 g/mol. The van der Waals surface area contributed by atoms with E-state index in [1.54, 1.807) is 7.11 Å². The summed E-state index contributed by atoms with van der Waals surface area (Å²) in [6, 6.07) is 27.2. The van der Waals surface area contributed by atoms with E-state index in [0.29, 0.717) is 0 Å². The third-order valence-electron chi connectivity index (χ3n) is 5.89. The van der Waals surface area contributed by atoms with Crippen LogP contribution in [0.3, 0.4) is 0 Å². The van der Waals surface area contributed by atoms with Crippen molar-refractivity contribution < 1.29 is 9.15 Å². The maximum Gasteiger partial charge on any atom is 0.135 e. The summed E-state index contributed by atoms with van der Waals surface area (Å²) >= 11 is 0. The van der Waals surface area contributed by atoms with E-state index in [1.807, 2.05) is 12.1 Å². The molecule has 5 rings (SSSR count). The Labute approximate surface area is 177 Å². The highest BCUT2D eigenvalue weighted by atomic mass is 16.5. The van der Waals surface area contributed by atoms with Gasteiger partial charge in [0.2, 0.25) is 0 Å². The zero-order chi connectivity index (χ0) is 20.3. The molecule has 0 saturated carbocycles. The third kappa shape index (κ3) is 3.66. The normalized spacial score (nSPS) is 14.9. The fourth-order valence-electron chi connectivity index (χ4n) is 4.29. The maximum absolute atomic E-state index is 6.36. The number of nitrogens with zero attached hydrogens (tertiary/aromatic N) is 2. The molecular formula is C26H26N2O2. The second-order valence-electron chi connectivity index (χ2n) is 7.73. The lowest BCUT2D eigenvalue weighted by molar-refractivity contribution is 0.233. The van der Waals surface area contributed by atoms with Crippen LogP contribution in [0.5, 0.6) is 5.75 Å². The molecule has 0 amide bonds. The van der Waals surface area contributed by atoms with Crippen molar-refractivity contribution in [2.45, 2.75) is 6.54 Å². The maximum atomic E-state index is 6.36. The summed E-state index contributed by atoms with van der Waals surface area (Å²) in [4.78, 5) is 4.94. The second-order valence-corrected chi connectivity index (χ2v) is 7.73. The number of ether oxygens (including phenoxy) is 1. The number of hydrogen-bond donors (Lipinski definition) is 0. The first-order valence-corrected chi connectivity index (χ1v) is 10.5. The third-order valence-corrected chi connectivity index (χ3v) is 5.89. The Morgan fingerprint density at radius 1 is 0.833 bits per heavy atom. The highest BCUT2D eigenvalue weighted by Crippen LogP contribution is 2.37. The van der Waals surface area contributed by atoms with Crippen molar-refractivity contribution in [1.29, 1.82) is 0 Å². The SMILES string of the molecule is COc1ccc2oc(CN3CCN(c4ccccc4)CC3)c(-c3ccccc3)c2c1. The lowest BCUT2D eigenvalue weighted by atomic mass is 10.0. The van der Waals surface area contributed by atoms with Crippen LogP contribution in [-0.4, -0.2) is 38.2 Å². The minimum atomic E-state index is 0.809. The van der Waals surface area contributed by atoms with Gasteiger partial charge in [-0.3, -0.25) is 4.90 Å². The number of rotatable bonds is 5. The van der Waals surface area contributed by atoms with E-state index in [4.69, 9.17) is 9.15 Å². The van der Waals surface area contributed by atoms with Crippen LogP contribution >= 0.6 is 0 Å². The van der Waals surface area contributed by atoms with E-state index in [-0.39, 0.29) is 0 Å². The van der Waals surface area contributed by atoms with Crippen molar-refractivity contribution in [3.8, 4) is 16.9 Å². The first kappa shape index (κ1) is 18.8. The zero-order valence-corrected chi connectivity index (χ0v) is 17.3. The minimum Gasteiger partial charge on any atom is -0.497 e. The van der Waals surface area contributed by atoms with Crippen molar-refractivity contribution in [2.24, 2.45) is 0 Å². The molecule has 0 spiro atoms. The molecule has 3 aromatic carbocycles. The van der Waals surface area contributed by atoms with Crippen LogP contribution in [0.25, 0.3) is 22.1 Å². The number of benzene rings is 3. The number of fused-ring (bicyclic) bond motifs is 1. The lowest BCUT2D eigenvalue weighted by Gasteiger charge is -2.35.